The highest BCUT2D eigenvalue weighted by Gasteiger charge is 2.42. The van der Waals surface area contributed by atoms with Crippen LogP contribution in [-0.4, -0.2) is 38.6 Å². The molecule has 1 saturated heterocycles. The Labute approximate surface area is 209 Å². The predicted octanol–water partition coefficient (Wildman–Crippen LogP) is 6.17. The number of hydrogen-bond donors (Lipinski definition) is 2. The van der Waals surface area contributed by atoms with E-state index < -0.39 is 5.60 Å². The van der Waals surface area contributed by atoms with Crippen molar-refractivity contribution in [2.24, 2.45) is 11.1 Å². The molecule has 33 heavy (non-hydrogen) atoms. The maximum Gasteiger partial charge on any atom is 0.410 e. The van der Waals surface area contributed by atoms with Crippen LogP contribution in [-0.2, 0) is 4.74 Å². The van der Waals surface area contributed by atoms with Crippen LogP contribution in [0.3, 0.4) is 0 Å². The van der Waals surface area contributed by atoms with Crippen molar-refractivity contribution in [3.63, 3.8) is 0 Å². The summed E-state index contributed by atoms with van der Waals surface area (Å²) < 4.78 is 6.64. The predicted molar refractivity (Wildman–Crippen MR) is 137 cm³/mol. The van der Waals surface area contributed by atoms with Crippen LogP contribution in [0, 0.1) is 5.92 Å². The van der Waals surface area contributed by atoms with Gasteiger partial charge < -0.3 is 15.0 Å². The first kappa shape index (κ1) is 25.8. The van der Waals surface area contributed by atoms with E-state index in [1.807, 2.05) is 56.0 Å². The van der Waals surface area contributed by atoms with Crippen molar-refractivity contribution < 1.29 is 9.53 Å². The van der Waals surface area contributed by atoms with E-state index in [9.17, 15) is 4.79 Å². The fraction of sp³-hybridized carbons (Fsp3) is 0.542. The normalized spacial score (nSPS) is 18.8. The molecule has 3 rings (SSSR count). The minimum Gasteiger partial charge on any atom is -0.444 e. The topological polar surface area (TPSA) is 93.4 Å². The molecule has 2 aromatic heterocycles. The van der Waals surface area contributed by atoms with Crippen molar-refractivity contribution in [2.75, 3.05) is 11.9 Å². The number of aromatic nitrogens is 2. The average Bonchev–Trinajstić information content (AvgIpc) is 3.04. The first-order valence-corrected chi connectivity index (χ1v) is 12.9. The van der Waals surface area contributed by atoms with Gasteiger partial charge in [-0.3, -0.25) is 10.1 Å². The van der Waals surface area contributed by atoms with E-state index >= 15 is 0 Å². The molecule has 1 unspecified atom stereocenters. The molecule has 0 saturated carbocycles. The quantitative estimate of drug-likeness (QED) is 0.409. The number of nitrogens with zero attached hydrogens (tertiary/aromatic N) is 3. The zero-order chi connectivity index (χ0) is 24.2. The average molecular weight is 537 g/mol. The summed E-state index contributed by atoms with van der Waals surface area (Å²) in [6.45, 7) is 10.6. The number of hydrogen-bond acceptors (Lipinski definition) is 7. The van der Waals surface area contributed by atoms with Gasteiger partial charge in [0.2, 0.25) is 0 Å². The van der Waals surface area contributed by atoms with Gasteiger partial charge in [0.25, 0.3) is 0 Å². The smallest absolute Gasteiger partial charge is 0.410 e. The summed E-state index contributed by atoms with van der Waals surface area (Å²) in [5, 5.41) is 9.98. The number of ether oxygens (including phenoxy) is 1. The Balaban J connectivity index is 1.72. The fourth-order valence-electron chi connectivity index (χ4n) is 4.27. The van der Waals surface area contributed by atoms with E-state index in [1.165, 1.54) is 0 Å². The molecular formula is C24H34BrN5O2S. The van der Waals surface area contributed by atoms with Crippen molar-refractivity contribution in [1.29, 1.82) is 0 Å². The second kappa shape index (κ2) is 10.6. The summed E-state index contributed by atoms with van der Waals surface area (Å²) in [6.07, 6.45) is 4.30. The lowest BCUT2D eigenvalue weighted by Crippen LogP contribution is -2.45. The number of carbonyl (C=O) groups excluding carboxylic acids is 1. The molecule has 2 aromatic rings. The maximum absolute atomic E-state index is 12.8. The number of pyridine rings is 2. The Hall–Kier alpha value is -1.84. The summed E-state index contributed by atoms with van der Waals surface area (Å²) in [7, 11) is 0. The second-order valence-electron chi connectivity index (χ2n) is 10.1. The van der Waals surface area contributed by atoms with Crippen molar-refractivity contribution in [3.05, 3.63) is 46.7 Å². The highest BCUT2D eigenvalue weighted by atomic mass is 79.9. The molecule has 180 valence electrons. The van der Waals surface area contributed by atoms with Gasteiger partial charge in [-0.1, -0.05) is 22.0 Å². The molecule has 0 aromatic carbocycles. The third-order valence-corrected chi connectivity index (χ3v) is 6.67. The lowest BCUT2D eigenvalue weighted by molar-refractivity contribution is 0.0131. The van der Waals surface area contributed by atoms with Crippen LogP contribution >= 0.6 is 27.9 Å². The molecule has 1 amide bonds. The first-order chi connectivity index (χ1) is 15.5. The van der Waals surface area contributed by atoms with Crippen molar-refractivity contribution in [1.82, 2.24) is 14.9 Å². The molecule has 1 fully saturated rings. The molecule has 0 spiro atoms. The number of amides is 1. The van der Waals surface area contributed by atoms with Crippen LogP contribution in [0.2, 0.25) is 0 Å². The third kappa shape index (κ3) is 7.32. The Morgan fingerprint density at radius 3 is 2.82 bits per heavy atom. The van der Waals surface area contributed by atoms with Gasteiger partial charge in [0, 0.05) is 22.8 Å². The molecule has 7 nitrogen and oxygen atoms in total. The van der Waals surface area contributed by atoms with Crippen molar-refractivity contribution in [2.45, 2.75) is 76.1 Å². The van der Waals surface area contributed by atoms with Crippen LogP contribution in [0.5, 0.6) is 0 Å². The molecule has 1 aliphatic rings. The van der Waals surface area contributed by atoms with E-state index in [0.717, 1.165) is 52.2 Å². The molecular weight excluding hydrogens is 502 g/mol. The van der Waals surface area contributed by atoms with Gasteiger partial charge >= 0.3 is 6.09 Å². The molecule has 9 heteroatoms. The van der Waals surface area contributed by atoms with Crippen LogP contribution in [0.15, 0.2) is 46.0 Å². The molecule has 2 atom stereocenters. The Morgan fingerprint density at radius 1 is 1.39 bits per heavy atom. The molecule has 0 bridgehead atoms. The summed E-state index contributed by atoms with van der Waals surface area (Å²) in [5.41, 5.74) is 0.201. The van der Waals surface area contributed by atoms with E-state index in [2.05, 4.69) is 45.1 Å². The van der Waals surface area contributed by atoms with E-state index in [0.29, 0.717) is 12.5 Å². The summed E-state index contributed by atoms with van der Waals surface area (Å²) in [5.74, 6) is 1.14. The number of carbonyl (C=O) groups is 1. The SMILES string of the molecule is CC(C)(C)OC(=O)N1C[C@@H](CCC(Nc2cccc(SN)n2)c2cc(Br)ccn2)CC1(C)C. The number of nitrogens with two attached hydrogens (primary N) is 1. The monoisotopic (exact) mass is 535 g/mol. The third-order valence-electron chi connectivity index (χ3n) is 5.70. The lowest BCUT2D eigenvalue weighted by Gasteiger charge is -2.33. The van der Waals surface area contributed by atoms with E-state index in [-0.39, 0.29) is 17.7 Å². The van der Waals surface area contributed by atoms with Gasteiger partial charge in [-0.15, -0.1) is 0 Å². The van der Waals surface area contributed by atoms with E-state index in [1.54, 1.807) is 6.20 Å². The minimum atomic E-state index is -0.504. The van der Waals surface area contributed by atoms with Crippen molar-refractivity contribution >= 4 is 39.8 Å². The highest BCUT2D eigenvalue weighted by molar-refractivity contribution is 9.10. The number of halogens is 1. The molecule has 1 aliphatic heterocycles. The fourth-order valence-corrected chi connectivity index (χ4v) is 4.93. The van der Waals surface area contributed by atoms with Gasteiger partial charge in [-0.05, 0) is 96.0 Å². The highest BCUT2D eigenvalue weighted by Crippen LogP contribution is 2.37. The lowest BCUT2D eigenvalue weighted by atomic mass is 9.91. The molecule has 0 radical (unpaired) electrons. The molecule has 3 heterocycles. The first-order valence-electron chi connectivity index (χ1n) is 11.2. The van der Waals surface area contributed by atoms with Crippen LogP contribution < -0.4 is 10.5 Å². The van der Waals surface area contributed by atoms with Crippen LogP contribution in [0.1, 0.15) is 65.6 Å². The number of anilines is 1. The van der Waals surface area contributed by atoms with Gasteiger partial charge in [-0.2, -0.15) is 0 Å². The zero-order valence-electron chi connectivity index (χ0n) is 20.0. The van der Waals surface area contributed by atoms with Crippen LogP contribution in [0.25, 0.3) is 0 Å². The summed E-state index contributed by atoms with van der Waals surface area (Å²) >= 11 is 4.68. The maximum atomic E-state index is 12.8. The van der Waals surface area contributed by atoms with Gasteiger partial charge in [0.1, 0.15) is 16.4 Å². The minimum absolute atomic E-state index is 0.0216. The zero-order valence-corrected chi connectivity index (χ0v) is 22.4. The van der Waals surface area contributed by atoms with E-state index in [4.69, 9.17) is 9.88 Å². The largest absolute Gasteiger partial charge is 0.444 e. The van der Waals surface area contributed by atoms with Gasteiger partial charge in [0.05, 0.1) is 11.7 Å². The molecule has 0 aliphatic carbocycles. The summed E-state index contributed by atoms with van der Waals surface area (Å²) in [6, 6.07) is 9.69. The van der Waals surface area contributed by atoms with Gasteiger partial charge in [-0.25, -0.2) is 9.78 Å². The number of nitrogens with one attached hydrogen (secondary N) is 1. The Kier molecular flexibility index (Phi) is 8.29. The number of likely N-dealkylation sites (tertiary alicyclic amines) is 1. The Bertz CT molecular complexity index is 966. The standard InChI is InChI=1S/C24H34BrN5O2S/c1-23(2,3)32-22(31)30-15-16(14-24(30,4)5)9-10-18(19-13-17(25)11-12-27-19)28-20-7-6-8-21(29-20)33-26/h6-8,11-13,16,18H,9-10,14-15,26H2,1-5H3,(H,28,29)/t16-,18?/m0/s1. The van der Waals surface area contributed by atoms with Crippen molar-refractivity contribution in [3.8, 4) is 0 Å². The summed E-state index contributed by atoms with van der Waals surface area (Å²) in [4.78, 5) is 23.8. The Morgan fingerprint density at radius 2 is 2.15 bits per heavy atom. The molecule has 3 N–H and O–H groups in total. The number of rotatable bonds is 7. The van der Waals surface area contributed by atoms with Gasteiger partial charge in [0.15, 0.2) is 0 Å². The second-order valence-corrected chi connectivity index (χ2v) is 11.7. The van der Waals surface area contributed by atoms with Crippen LogP contribution in [0.4, 0.5) is 10.6 Å².